The minimum atomic E-state index is 0.980. The average molecular weight is 263 g/mol. The molecule has 1 fully saturated rings. The second-order valence-corrected chi connectivity index (χ2v) is 5.24. The summed E-state index contributed by atoms with van der Waals surface area (Å²) in [6, 6.07) is 17.1. The van der Waals surface area contributed by atoms with Gasteiger partial charge in [0.15, 0.2) is 0 Å². The number of fused-ring (bicyclic) bond motifs is 3. The molecule has 0 spiro atoms. The van der Waals surface area contributed by atoms with Gasteiger partial charge in [0, 0.05) is 37.3 Å². The Labute approximate surface area is 118 Å². The van der Waals surface area contributed by atoms with Crippen LogP contribution in [0.2, 0.25) is 0 Å². The molecule has 2 aliphatic rings. The highest BCUT2D eigenvalue weighted by atomic mass is 15.5. The summed E-state index contributed by atoms with van der Waals surface area (Å²) < 4.78 is 0. The number of hydrogen-bond donors (Lipinski definition) is 1. The minimum absolute atomic E-state index is 0.980. The number of rotatable bonds is 1. The third kappa shape index (κ3) is 1.82. The zero-order valence-electron chi connectivity index (χ0n) is 11.3. The molecule has 2 aromatic rings. The number of nitrogens with one attached hydrogen (secondary N) is 1. The number of hydrogen-bond acceptors (Lipinski definition) is 3. The van der Waals surface area contributed by atoms with Gasteiger partial charge in [-0.15, -0.1) is 0 Å². The van der Waals surface area contributed by atoms with Gasteiger partial charge in [-0.2, -0.15) is 5.10 Å². The number of nitrogens with zero attached hydrogens (tertiary/aromatic N) is 2. The van der Waals surface area contributed by atoms with Crippen LogP contribution in [0.1, 0.15) is 11.1 Å². The van der Waals surface area contributed by atoms with Crippen molar-refractivity contribution in [2.75, 3.05) is 26.2 Å². The summed E-state index contributed by atoms with van der Waals surface area (Å²) in [6.45, 7) is 3.99. The van der Waals surface area contributed by atoms with Crippen molar-refractivity contribution in [1.29, 1.82) is 0 Å². The summed E-state index contributed by atoms with van der Waals surface area (Å²) in [7, 11) is 0. The summed E-state index contributed by atoms with van der Waals surface area (Å²) in [5, 5.41) is 10.5. The Hall–Kier alpha value is -2.13. The van der Waals surface area contributed by atoms with Gasteiger partial charge in [0.2, 0.25) is 0 Å². The predicted octanol–water partition coefficient (Wildman–Crippen LogP) is 2.32. The van der Waals surface area contributed by atoms with Crippen LogP contribution in [-0.4, -0.2) is 36.9 Å². The molecule has 1 aliphatic heterocycles. The summed E-state index contributed by atoms with van der Waals surface area (Å²) in [5.41, 5.74) is 6.24. The number of benzene rings is 2. The van der Waals surface area contributed by atoms with E-state index in [1.807, 2.05) is 0 Å². The van der Waals surface area contributed by atoms with Crippen LogP contribution in [0.3, 0.4) is 0 Å². The van der Waals surface area contributed by atoms with Crippen LogP contribution in [0.25, 0.3) is 11.1 Å². The van der Waals surface area contributed by atoms with Gasteiger partial charge in [-0.05, 0) is 11.1 Å². The maximum absolute atomic E-state index is 4.93. The number of piperazine rings is 1. The second kappa shape index (κ2) is 4.76. The number of hydrazone groups is 1. The van der Waals surface area contributed by atoms with E-state index in [2.05, 4.69) is 58.9 Å². The predicted molar refractivity (Wildman–Crippen MR) is 82.0 cm³/mol. The first-order valence-electron chi connectivity index (χ1n) is 7.17. The van der Waals surface area contributed by atoms with E-state index in [1.54, 1.807) is 0 Å². The third-order valence-electron chi connectivity index (χ3n) is 3.99. The van der Waals surface area contributed by atoms with Gasteiger partial charge < -0.3 is 5.32 Å². The van der Waals surface area contributed by atoms with E-state index in [0.717, 1.165) is 31.9 Å². The quantitative estimate of drug-likeness (QED) is 0.729. The molecular weight excluding hydrogens is 246 g/mol. The van der Waals surface area contributed by atoms with Gasteiger partial charge in [-0.25, -0.2) is 0 Å². The molecule has 2 aromatic carbocycles. The SMILES string of the molecule is c1ccc2c(c1)C(=NN1CCNCC1)c1ccccc1-2. The first-order valence-corrected chi connectivity index (χ1v) is 7.17. The van der Waals surface area contributed by atoms with E-state index >= 15 is 0 Å². The molecule has 4 rings (SSSR count). The van der Waals surface area contributed by atoms with Crippen LogP contribution in [-0.2, 0) is 0 Å². The van der Waals surface area contributed by atoms with Gasteiger partial charge in [0.1, 0.15) is 0 Å². The standard InChI is InChI=1S/C17H17N3/c1-3-7-15-13(5-1)14-6-2-4-8-16(14)17(15)19-20-11-9-18-10-12-20/h1-8,18H,9-12H2. The Kier molecular flexibility index (Phi) is 2.78. The molecule has 0 saturated carbocycles. The van der Waals surface area contributed by atoms with E-state index in [9.17, 15) is 0 Å². The minimum Gasteiger partial charge on any atom is -0.313 e. The first-order chi connectivity index (χ1) is 9.93. The topological polar surface area (TPSA) is 27.6 Å². The molecule has 0 atom stereocenters. The zero-order chi connectivity index (χ0) is 13.4. The van der Waals surface area contributed by atoms with Gasteiger partial charge in [0.05, 0.1) is 5.71 Å². The van der Waals surface area contributed by atoms with Gasteiger partial charge >= 0.3 is 0 Å². The lowest BCUT2D eigenvalue weighted by Gasteiger charge is -2.25. The first kappa shape index (κ1) is 11.7. The van der Waals surface area contributed by atoms with E-state index in [4.69, 9.17) is 5.10 Å². The van der Waals surface area contributed by atoms with E-state index in [0.29, 0.717) is 0 Å². The molecule has 3 heteroatoms. The zero-order valence-corrected chi connectivity index (χ0v) is 11.3. The van der Waals surface area contributed by atoms with Crippen molar-refractivity contribution < 1.29 is 0 Å². The van der Waals surface area contributed by atoms with Crippen molar-refractivity contribution in [3.05, 3.63) is 59.7 Å². The Morgan fingerprint density at radius 2 is 1.25 bits per heavy atom. The van der Waals surface area contributed by atoms with Crippen molar-refractivity contribution in [3.63, 3.8) is 0 Å². The van der Waals surface area contributed by atoms with Crippen LogP contribution in [0.4, 0.5) is 0 Å². The molecular formula is C17H17N3. The molecule has 0 amide bonds. The molecule has 1 N–H and O–H groups in total. The summed E-state index contributed by atoms with van der Waals surface area (Å²) >= 11 is 0. The molecule has 3 nitrogen and oxygen atoms in total. The Balaban J connectivity index is 1.84. The molecule has 0 radical (unpaired) electrons. The molecule has 1 heterocycles. The maximum atomic E-state index is 4.93. The van der Waals surface area contributed by atoms with Crippen LogP contribution in [0.15, 0.2) is 53.6 Å². The van der Waals surface area contributed by atoms with Gasteiger partial charge in [0.25, 0.3) is 0 Å². The lowest BCUT2D eigenvalue weighted by atomic mass is 10.1. The van der Waals surface area contributed by atoms with Crippen molar-refractivity contribution in [2.45, 2.75) is 0 Å². The average Bonchev–Trinajstić information content (AvgIpc) is 2.84. The Morgan fingerprint density at radius 1 is 0.750 bits per heavy atom. The summed E-state index contributed by atoms with van der Waals surface area (Å²) in [5.74, 6) is 0. The van der Waals surface area contributed by atoms with Crippen LogP contribution in [0.5, 0.6) is 0 Å². The molecule has 1 aliphatic carbocycles. The molecule has 1 saturated heterocycles. The maximum Gasteiger partial charge on any atom is 0.0988 e. The smallest absolute Gasteiger partial charge is 0.0988 e. The van der Waals surface area contributed by atoms with E-state index in [-0.39, 0.29) is 0 Å². The lowest BCUT2D eigenvalue weighted by molar-refractivity contribution is 0.252. The fourth-order valence-corrected chi connectivity index (χ4v) is 3.00. The molecule has 0 bridgehead atoms. The van der Waals surface area contributed by atoms with Crippen LogP contribution < -0.4 is 5.32 Å². The third-order valence-corrected chi connectivity index (χ3v) is 3.99. The second-order valence-electron chi connectivity index (χ2n) is 5.24. The highest BCUT2D eigenvalue weighted by molar-refractivity contribution is 6.24. The monoisotopic (exact) mass is 263 g/mol. The molecule has 20 heavy (non-hydrogen) atoms. The largest absolute Gasteiger partial charge is 0.313 e. The molecule has 0 unspecified atom stereocenters. The Bertz CT molecular complexity index is 622. The van der Waals surface area contributed by atoms with Crippen molar-refractivity contribution in [2.24, 2.45) is 5.10 Å². The highest BCUT2D eigenvalue weighted by Crippen LogP contribution is 2.36. The molecule has 0 aromatic heterocycles. The van der Waals surface area contributed by atoms with Crippen molar-refractivity contribution in [1.82, 2.24) is 10.3 Å². The fraction of sp³-hybridized carbons (Fsp3) is 0.235. The Morgan fingerprint density at radius 3 is 1.80 bits per heavy atom. The lowest BCUT2D eigenvalue weighted by Crippen LogP contribution is -2.41. The van der Waals surface area contributed by atoms with Gasteiger partial charge in [-0.3, -0.25) is 5.01 Å². The van der Waals surface area contributed by atoms with E-state index < -0.39 is 0 Å². The van der Waals surface area contributed by atoms with Gasteiger partial charge in [-0.1, -0.05) is 48.5 Å². The molecule has 100 valence electrons. The summed E-state index contributed by atoms with van der Waals surface area (Å²) in [4.78, 5) is 0. The van der Waals surface area contributed by atoms with Crippen molar-refractivity contribution >= 4 is 5.71 Å². The van der Waals surface area contributed by atoms with Crippen LogP contribution in [0, 0.1) is 0 Å². The summed E-state index contributed by atoms with van der Waals surface area (Å²) in [6.07, 6.45) is 0. The van der Waals surface area contributed by atoms with Crippen molar-refractivity contribution in [3.8, 4) is 11.1 Å². The highest BCUT2D eigenvalue weighted by Gasteiger charge is 2.24. The van der Waals surface area contributed by atoms with Crippen LogP contribution >= 0.6 is 0 Å². The normalized spacial score (nSPS) is 16.8. The van der Waals surface area contributed by atoms with E-state index in [1.165, 1.54) is 22.3 Å². The fourth-order valence-electron chi connectivity index (χ4n) is 3.00.